The van der Waals surface area contributed by atoms with Gasteiger partial charge in [-0.2, -0.15) is 9.61 Å². The molecule has 3 aromatic heterocycles. The highest BCUT2D eigenvalue weighted by Crippen LogP contribution is 2.28. The Labute approximate surface area is 150 Å². The van der Waals surface area contributed by atoms with Crippen molar-refractivity contribution in [2.75, 3.05) is 5.73 Å². The SMILES string of the molecule is Nc1ccc(-c2nnc3sc(-c4cc5ccccc5oc4=O)nn23)cc1. The molecule has 0 saturated carbocycles. The van der Waals surface area contributed by atoms with Crippen LogP contribution >= 0.6 is 11.3 Å². The van der Waals surface area contributed by atoms with Gasteiger partial charge in [-0.05, 0) is 36.4 Å². The summed E-state index contributed by atoms with van der Waals surface area (Å²) in [5, 5.41) is 14.2. The van der Waals surface area contributed by atoms with Crippen LogP contribution in [-0.4, -0.2) is 19.8 Å². The standard InChI is InChI=1S/C18H11N5O2S/c19-12-7-5-10(6-8-12)15-20-21-18-23(15)22-16(26-18)13-9-11-3-1-2-4-14(11)25-17(13)24/h1-9H,19H2. The largest absolute Gasteiger partial charge is 0.422 e. The number of para-hydroxylation sites is 1. The number of nitrogens with zero attached hydrogens (tertiary/aromatic N) is 4. The molecule has 7 nitrogen and oxygen atoms in total. The minimum Gasteiger partial charge on any atom is -0.422 e. The zero-order valence-corrected chi connectivity index (χ0v) is 14.1. The number of nitrogens with two attached hydrogens (primary N) is 1. The van der Waals surface area contributed by atoms with Gasteiger partial charge in [-0.15, -0.1) is 10.2 Å². The molecule has 126 valence electrons. The van der Waals surface area contributed by atoms with Crippen LogP contribution in [0.3, 0.4) is 0 Å². The third-order valence-corrected chi connectivity index (χ3v) is 4.96. The van der Waals surface area contributed by atoms with Crippen LogP contribution in [0.15, 0.2) is 63.8 Å². The minimum absolute atomic E-state index is 0.405. The van der Waals surface area contributed by atoms with E-state index in [4.69, 9.17) is 10.2 Å². The first-order chi connectivity index (χ1) is 12.7. The van der Waals surface area contributed by atoms with Gasteiger partial charge in [0.2, 0.25) is 4.96 Å². The first-order valence-corrected chi connectivity index (χ1v) is 8.62. The molecule has 0 spiro atoms. The molecule has 0 atom stereocenters. The van der Waals surface area contributed by atoms with Gasteiger partial charge < -0.3 is 10.2 Å². The van der Waals surface area contributed by atoms with Gasteiger partial charge in [-0.25, -0.2) is 4.79 Å². The Hall–Kier alpha value is -3.52. The van der Waals surface area contributed by atoms with E-state index in [1.165, 1.54) is 11.3 Å². The maximum atomic E-state index is 12.4. The lowest BCUT2D eigenvalue weighted by atomic mass is 10.2. The van der Waals surface area contributed by atoms with E-state index in [0.717, 1.165) is 10.9 Å². The fourth-order valence-corrected chi connectivity index (χ4v) is 3.59. The van der Waals surface area contributed by atoms with E-state index < -0.39 is 5.63 Å². The van der Waals surface area contributed by atoms with Gasteiger partial charge >= 0.3 is 5.63 Å². The van der Waals surface area contributed by atoms with E-state index in [1.807, 2.05) is 30.3 Å². The van der Waals surface area contributed by atoms with Crippen molar-refractivity contribution in [1.82, 2.24) is 19.8 Å². The molecule has 26 heavy (non-hydrogen) atoms. The lowest BCUT2D eigenvalue weighted by Crippen LogP contribution is -2.03. The molecule has 0 saturated heterocycles. The van der Waals surface area contributed by atoms with Gasteiger partial charge in [0.1, 0.15) is 5.58 Å². The summed E-state index contributed by atoms with van der Waals surface area (Å²) in [6.45, 7) is 0. The number of anilines is 1. The molecule has 0 unspecified atom stereocenters. The molecule has 0 bridgehead atoms. The van der Waals surface area contributed by atoms with Crippen LogP contribution < -0.4 is 11.4 Å². The Kier molecular flexibility index (Phi) is 3.13. The number of hydrogen-bond acceptors (Lipinski definition) is 7. The molecule has 2 aromatic carbocycles. The molecule has 0 fully saturated rings. The van der Waals surface area contributed by atoms with Crippen molar-refractivity contribution in [3.63, 3.8) is 0 Å². The molecule has 0 radical (unpaired) electrons. The van der Waals surface area contributed by atoms with Crippen LogP contribution in [0, 0.1) is 0 Å². The van der Waals surface area contributed by atoms with Gasteiger partial charge in [0.05, 0.1) is 5.56 Å². The lowest BCUT2D eigenvalue weighted by molar-refractivity contribution is 0.563. The monoisotopic (exact) mass is 361 g/mol. The predicted octanol–water partition coefficient (Wildman–Crippen LogP) is 3.21. The number of fused-ring (bicyclic) bond motifs is 2. The van der Waals surface area contributed by atoms with Crippen molar-refractivity contribution >= 4 is 33.0 Å². The predicted molar refractivity (Wildman–Crippen MR) is 100.0 cm³/mol. The topological polar surface area (TPSA) is 99.3 Å². The summed E-state index contributed by atoms with van der Waals surface area (Å²) in [6.07, 6.45) is 0. The average molecular weight is 361 g/mol. The van der Waals surface area contributed by atoms with Crippen LogP contribution in [0.5, 0.6) is 0 Å². The highest BCUT2D eigenvalue weighted by molar-refractivity contribution is 7.19. The van der Waals surface area contributed by atoms with E-state index in [-0.39, 0.29) is 0 Å². The second kappa shape index (κ2) is 5.50. The quantitative estimate of drug-likeness (QED) is 0.383. The minimum atomic E-state index is -0.428. The van der Waals surface area contributed by atoms with Gasteiger partial charge in [-0.1, -0.05) is 29.5 Å². The molecule has 8 heteroatoms. The summed E-state index contributed by atoms with van der Waals surface area (Å²) in [5.74, 6) is 0.590. The van der Waals surface area contributed by atoms with Crippen molar-refractivity contribution in [3.05, 3.63) is 65.0 Å². The number of hydrogen-bond donors (Lipinski definition) is 1. The van der Waals surface area contributed by atoms with Crippen LogP contribution in [0.1, 0.15) is 0 Å². The highest BCUT2D eigenvalue weighted by Gasteiger charge is 2.17. The van der Waals surface area contributed by atoms with Crippen LogP contribution in [-0.2, 0) is 0 Å². The molecule has 3 heterocycles. The van der Waals surface area contributed by atoms with Gasteiger partial charge in [0.15, 0.2) is 10.8 Å². The van der Waals surface area contributed by atoms with Crippen molar-refractivity contribution in [2.45, 2.75) is 0 Å². The number of nitrogen functional groups attached to an aromatic ring is 1. The third-order valence-electron chi connectivity index (χ3n) is 4.03. The summed E-state index contributed by atoms with van der Waals surface area (Å²) >= 11 is 1.29. The number of aromatic nitrogens is 4. The number of benzene rings is 2. The van der Waals surface area contributed by atoms with Crippen molar-refractivity contribution in [2.24, 2.45) is 0 Å². The first kappa shape index (κ1) is 14.8. The molecule has 0 aliphatic carbocycles. The van der Waals surface area contributed by atoms with Crippen LogP contribution in [0.25, 0.3) is 37.9 Å². The molecular weight excluding hydrogens is 350 g/mol. The van der Waals surface area contributed by atoms with Gasteiger partial charge in [0.25, 0.3) is 0 Å². The summed E-state index contributed by atoms with van der Waals surface area (Å²) in [5.41, 5.74) is 7.77. The Morgan fingerprint density at radius 2 is 1.85 bits per heavy atom. The summed E-state index contributed by atoms with van der Waals surface area (Å²) in [4.78, 5) is 13.0. The van der Waals surface area contributed by atoms with E-state index >= 15 is 0 Å². The fraction of sp³-hybridized carbons (Fsp3) is 0. The molecule has 2 N–H and O–H groups in total. The van der Waals surface area contributed by atoms with Crippen LogP contribution in [0.2, 0.25) is 0 Å². The fourth-order valence-electron chi connectivity index (χ4n) is 2.75. The highest BCUT2D eigenvalue weighted by atomic mass is 32.1. The average Bonchev–Trinajstić information content (AvgIpc) is 3.22. The zero-order valence-electron chi connectivity index (χ0n) is 13.3. The second-order valence-electron chi connectivity index (χ2n) is 5.73. The summed E-state index contributed by atoms with van der Waals surface area (Å²) < 4.78 is 7.02. The maximum Gasteiger partial charge on any atom is 0.346 e. The maximum absolute atomic E-state index is 12.4. The Morgan fingerprint density at radius 3 is 2.69 bits per heavy atom. The molecule has 0 aliphatic heterocycles. The van der Waals surface area contributed by atoms with Crippen LogP contribution in [0.4, 0.5) is 5.69 Å². The zero-order chi connectivity index (χ0) is 17.7. The Balaban J connectivity index is 1.68. The van der Waals surface area contributed by atoms with E-state index in [2.05, 4.69) is 15.3 Å². The van der Waals surface area contributed by atoms with Crippen molar-refractivity contribution in [1.29, 1.82) is 0 Å². The van der Waals surface area contributed by atoms with E-state index in [9.17, 15) is 4.79 Å². The number of rotatable bonds is 2. The normalized spacial score (nSPS) is 11.4. The van der Waals surface area contributed by atoms with E-state index in [0.29, 0.717) is 32.6 Å². The Morgan fingerprint density at radius 1 is 1.04 bits per heavy atom. The van der Waals surface area contributed by atoms with Crippen molar-refractivity contribution < 1.29 is 4.42 Å². The summed E-state index contributed by atoms with van der Waals surface area (Å²) in [6, 6.07) is 16.5. The Bertz CT molecular complexity index is 1320. The lowest BCUT2D eigenvalue weighted by Gasteiger charge is -1.99. The second-order valence-corrected chi connectivity index (χ2v) is 6.69. The van der Waals surface area contributed by atoms with Gasteiger partial charge in [-0.3, -0.25) is 0 Å². The van der Waals surface area contributed by atoms with Crippen molar-refractivity contribution in [3.8, 4) is 22.0 Å². The molecule has 0 amide bonds. The molecule has 5 rings (SSSR count). The van der Waals surface area contributed by atoms with Gasteiger partial charge in [0, 0.05) is 16.6 Å². The molecule has 5 aromatic rings. The molecular formula is C18H11N5O2S. The smallest absolute Gasteiger partial charge is 0.346 e. The van der Waals surface area contributed by atoms with E-state index in [1.54, 1.807) is 28.8 Å². The molecule has 0 aliphatic rings. The summed E-state index contributed by atoms with van der Waals surface area (Å²) in [7, 11) is 0. The first-order valence-electron chi connectivity index (χ1n) is 7.80. The third kappa shape index (κ3) is 2.27.